The minimum Gasteiger partial charge on any atom is -0.478 e. The van der Waals surface area contributed by atoms with E-state index in [1.54, 1.807) is 22.5 Å². The van der Waals surface area contributed by atoms with Crippen LogP contribution < -0.4 is 10.1 Å². The first-order valence-corrected chi connectivity index (χ1v) is 7.54. The number of carbonyl (C=O) groups excluding carboxylic acids is 1. The summed E-state index contributed by atoms with van der Waals surface area (Å²) < 4.78 is 12.3. The Hall–Kier alpha value is -1.96. The van der Waals surface area contributed by atoms with E-state index < -0.39 is 0 Å². The molecule has 20 heavy (non-hydrogen) atoms. The van der Waals surface area contributed by atoms with Gasteiger partial charge in [0.05, 0.1) is 17.9 Å². The van der Waals surface area contributed by atoms with Crippen LogP contribution in [0, 0.1) is 0 Å². The number of anilines is 1. The summed E-state index contributed by atoms with van der Waals surface area (Å²) in [6.45, 7) is 1.44. The Morgan fingerprint density at radius 1 is 1.45 bits per heavy atom. The highest BCUT2D eigenvalue weighted by Crippen LogP contribution is 2.34. The van der Waals surface area contributed by atoms with Crippen molar-refractivity contribution >= 4 is 23.6 Å². The van der Waals surface area contributed by atoms with Gasteiger partial charge in [-0.2, -0.15) is 16.9 Å². The molecule has 2 aromatic heterocycles. The van der Waals surface area contributed by atoms with Gasteiger partial charge in [-0.05, 0) is 0 Å². The summed E-state index contributed by atoms with van der Waals surface area (Å²) in [7, 11) is 0. The Labute approximate surface area is 118 Å². The van der Waals surface area contributed by atoms with Crippen LogP contribution in [0.15, 0.2) is 10.6 Å². The second-order valence-corrected chi connectivity index (χ2v) is 5.66. The third-order valence-electron chi connectivity index (χ3n) is 3.32. The van der Waals surface area contributed by atoms with Gasteiger partial charge in [-0.3, -0.25) is 10.1 Å². The normalized spacial score (nSPS) is 16.4. The summed E-state index contributed by atoms with van der Waals surface area (Å²) >= 11 is 1.76. The van der Waals surface area contributed by atoms with Crippen molar-refractivity contribution in [1.82, 2.24) is 14.9 Å². The molecule has 0 spiro atoms. The molecule has 4 heterocycles. The maximum absolute atomic E-state index is 12.2. The largest absolute Gasteiger partial charge is 0.478 e. The molecule has 1 N–H and O–H groups in total. The first kappa shape index (κ1) is 11.8. The Balaban J connectivity index is 1.56. The molecule has 0 saturated heterocycles. The van der Waals surface area contributed by atoms with Crippen molar-refractivity contribution in [3.05, 3.63) is 23.0 Å². The van der Waals surface area contributed by atoms with Crippen LogP contribution in [-0.4, -0.2) is 27.5 Å². The highest BCUT2D eigenvalue weighted by molar-refractivity contribution is 7.98. The number of amides is 1. The van der Waals surface area contributed by atoms with E-state index in [2.05, 4.69) is 15.6 Å². The predicted molar refractivity (Wildman–Crippen MR) is 71.8 cm³/mol. The molecule has 1 amide bonds. The minimum atomic E-state index is -0.300. The van der Waals surface area contributed by atoms with E-state index in [9.17, 15) is 4.79 Å². The zero-order valence-corrected chi connectivity index (χ0v) is 11.4. The molecule has 0 radical (unpaired) electrons. The maximum atomic E-state index is 12.2. The SMILES string of the molecule is O=C(Nc1onc2c1CSC2)c1cc2n(n1)CCCO2. The van der Waals surface area contributed by atoms with Crippen LogP contribution in [0.3, 0.4) is 0 Å². The molecule has 0 unspecified atom stereocenters. The minimum absolute atomic E-state index is 0.300. The summed E-state index contributed by atoms with van der Waals surface area (Å²) in [6.07, 6.45) is 0.905. The molecule has 8 heteroatoms. The van der Waals surface area contributed by atoms with E-state index in [1.807, 2.05) is 0 Å². The van der Waals surface area contributed by atoms with E-state index >= 15 is 0 Å². The smallest absolute Gasteiger partial charge is 0.278 e. The van der Waals surface area contributed by atoms with Crippen molar-refractivity contribution in [2.24, 2.45) is 0 Å². The monoisotopic (exact) mass is 292 g/mol. The lowest BCUT2D eigenvalue weighted by Crippen LogP contribution is -2.16. The highest BCUT2D eigenvalue weighted by atomic mass is 32.2. The topological polar surface area (TPSA) is 82.2 Å². The van der Waals surface area contributed by atoms with Crippen LogP contribution >= 0.6 is 11.8 Å². The van der Waals surface area contributed by atoms with Gasteiger partial charge >= 0.3 is 0 Å². The molecule has 2 aromatic rings. The number of rotatable bonds is 2. The summed E-state index contributed by atoms with van der Waals surface area (Å²) in [5.74, 6) is 2.42. The van der Waals surface area contributed by atoms with Crippen molar-refractivity contribution in [2.75, 3.05) is 11.9 Å². The Morgan fingerprint density at radius 3 is 3.30 bits per heavy atom. The summed E-state index contributed by atoms with van der Waals surface area (Å²) in [5, 5.41) is 10.9. The first-order chi connectivity index (χ1) is 9.81. The molecule has 0 aromatic carbocycles. The van der Waals surface area contributed by atoms with Gasteiger partial charge in [0.2, 0.25) is 11.8 Å². The van der Waals surface area contributed by atoms with Crippen molar-refractivity contribution in [1.29, 1.82) is 0 Å². The second-order valence-electron chi connectivity index (χ2n) is 4.68. The van der Waals surface area contributed by atoms with E-state index in [0.29, 0.717) is 24.1 Å². The maximum Gasteiger partial charge on any atom is 0.278 e. The number of hydrogen-bond donors (Lipinski definition) is 1. The van der Waals surface area contributed by atoms with Crippen molar-refractivity contribution in [2.45, 2.75) is 24.5 Å². The average Bonchev–Trinajstić information content (AvgIpc) is 3.13. The van der Waals surface area contributed by atoms with Gasteiger partial charge in [0.25, 0.3) is 5.91 Å². The molecule has 2 aliphatic heterocycles. The van der Waals surface area contributed by atoms with Crippen molar-refractivity contribution in [3.63, 3.8) is 0 Å². The molecule has 0 bridgehead atoms. The Kier molecular flexibility index (Phi) is 2.69. The van der Waals surface area contributed by atoms with Gasteiger partial charge in [0, 0.05) is 30.5 Å². The molecule has 7 nitrogen and oxygen atoms in total. The van der Waals surface area contributed by atoms with Crippen LogP contribution in [0.25, 0.3) is 0 Å². The lowest BCUT2D eigenvalue weighted by atomic mass is 10.3. The van der Waals surface area contributed by atoms with Crippen LogP contribution in [0.5, 0.6) is 5.88 Å². The average molecular weight is 292 g/mol. The number of fused-ring (bicyclic) bond motifs is 2. The molecule has 104 valence electrons. The molecule has 4 rings (SSSR count). The molecule has 2 aliphatic rings. The molecule has 0 fully saturated rings. The fourth-order valence-electron chi connectivity index (χ4n) is 2.30. The number of hydrogen-bond acceptors (Lipinski definition) is 6. The zero-order chi connectivity index (χ0) is 13.5. The highest BCUT2D eigenvalue weighted by Gasteiger charge is 2.24. The van der Waals surface area contributed by atoms with Gasteiger partial charge in [0.1, 0.15) is 0 Å². The Morgan fingerprint density at radius 2 is 2.40 bits per heavy atom. The standard InChI is InChI=1S/C12H12N4O3S/c17-11(8-4-10-16(14-8)2-1-3-18-10)13-12-7-5-20-6-9(7)15-19-12/h4H,1-3,5-6H2,(H,13,17). The molecule has 0 atom stereocenters. The molecule has 0 aliphatic carbocycles. The predicted octanol–water partition coefficient (Wildman–Crippen LogP) is 1.65. The zero-order valence-electron chi connectivity index (χ0n) is 10.6. The first-order valence-electron chi connectivity index (χ1n) is 6.38. The number of ether oxygens (including phenoxy) is 1. The van der Waals surface area contributed by atoms with Crippen LogP contribution in [0.4, 0.5) is 5.88 Å². The van der Waals surface area contributed by atoms with Crippen molar-refractivity contribution in [3.8, 4) is 5.88 Å². The summed E-state index contributed by atoms with van der Waals surface area (Å²) in [4.78, 5) is 12.2. The van der Waals surface area contributed by atoms with E-state index in [4.69, 9.17) is 9.26 Å². The Bertz CT molecular complexity index is 655. The van der Waals surface area contributed by atoms with Crippen LogP contribution in [0.2, 0.25) is 0 Å². The van der Waals surface area contributed by atoms with E-state index in [0.717, 1.165) is 35.7 Å². The third-order valence-corrected chi connectivity index (χ3v) is 4.29. The summed E-state index contributed by atoms with van der Waals surface area (Å²) in [5.41, 5.74) is 2.22. The molecule has 0 saturated carbocycles. The fourth-order valence-corrected chi connectivity index (χ4v) is 3.32. The second kappa shape index (κ2) is 4.55. The van der Waals surface area contributed by atoms with Gasteiger partial charge in [0.15, 0.2) is 5.69 Å². The third kappa shape index (κ3) is 1.87. The number of thioether (sulfide) groups is 1. The van der Waals surface area contributed by atoms with Crippen molar-refractivity contribution < 1.29 is 14.1 Å². The van der Waals surface area contributed by atoms with E-state index in [1.165, 1.54) is 0 Å². The van der Waals surface area contributed by atoms with Crippen LogP contribution in [-0.2, 0) is 18.1 Å². The molecular formula is C12H12N4O3S. The molecular weight excluding hydrogens is 280 g/mol. The summed E-state index contributed by atoms with van der Waals surface area (Å²) in [6, 6.07) is 1.65. The van der Waals surface area contributed by atoms with Gasteiger partial charge < -0.3 is 9.26 Å². The fraction of sp³-hybridized carbons (Fsp3) is 0.417. The number of nitrogens with zero attached hydrogens (tertiary/aromatic N) is 3. The van der Waals surface area contributed by atoms with Gasteiger partial charge in [-0.1, -0.05) is 5.16 Å². The lowest BCUT2D eigenvalue weighted by Gasteiger charge is -2.13. The quantitative estimate of drug-likeness (QED) is 0.906. The number of carbonyl (C=O) groups is 1. The number of aryl methyl sites for hydroxylation is 1. The number of nitrogens with one attached hydrogen (secondary N) is 1. The van der Waals surface area contributed by atoms with Gasteiger partial charge in [-0.15, -0.1) is 0 Å². The van der Waals surface area contributed by atoms with E-state index in [-0.39, 0.29) is 5.91 Å². The number of aromatic nitrogens is 3. The van der Waals surface area contributed by atoms with Gasteiger partial charge in [-0.25, -0.2) is 4.68 Å². The van der Waals surface area contributed by atoms with Crippen LogP contribution in [0.1, 0.15) is 28.2 Å². The lowest BCUT2D eigenvalue weighted by molar-refractivity contribution is 0.101.